The lowest BCUT2D eigenvalue weighted by Crippen LogP contribution is -2.34. The molecule has 0 saturated carbocycles. The molecule has 1 unspecified atom stereocenters. The molecule has 1 atom stereocenters. The predicted octanol–water partition coefficient (Wildman–Crippen LogP) is 2.55. The smallest absolute Gasteiger partial charge is 0.123 e. The van der Waals surface area contributed by atoms with Crippen LogP contribution >= 0.6 is 0 Å². The van der Waals surface area contributed by atoms with Crippen LogP contribution in [0, 0.1) is 0 Å². The van der Waals surface area contributed by atoms with Crippen molar-refractivity contribution in [3.05, 3.63) is 29.8 Å². The normalized spacial score (nSPS) is 22.7. The van der Waals surface area contributed by atoms with Gasteiger partial charge >= 0.3 is 0 Å². The number of ether oxygens (including phenoxy) is 1. The third kappa shape index (κ3) is 2.66. The van der Waals surface area contributed by atoms with E-state index in [1.54, 1.807) is 0 Å². The van der Waals surface area contributed by atoms with Crippen molar-refractivity contribution in [2.75, 3.05) is 13.1 Å². The summed E-state index contributed by atoms with van der Waals surface area (Å²) in [6.45, 7) is 1.85. The van der Waals surface area contributed by atoms with Crippen LogP contribution in [0.1, 0.15) is 31.2 Å². The van der Waals surface area contributed by atoms with Crippen LogP contribution in [0.2, 0.25) is 0 Å². The van der Waals surface area contributed by atoms with Crippen molar-refractivity contribution in [1.29, 1.82) is 0 Å². The van der Waals surface area contributed by atoms with E-state index >= 15 is 0 Å². The summed E-state index contributed by atoms with van der Waals surface area (Å²) in [7, 11) is 0. The maximum atomic E-state index is 5.91. The molecule has 0 aliphatic carbocycles. The number of nitrogens with one attached hydrogen (secondary N) is 1. The molecule has 0 spiro atoms. The Morgan fingerprint density at radius 2 is 2.17 bits per heavy atom. The van der Waals surface area contributed by atoms with Crippen molar-refractivity contribution >= 4 is 5.84 Å². The Morgan fingerprint density at radius 1 is 1.22 bits per heavy atom. The lowest BCUT2D eigenvalue weighted by atomic mass is 10.1. The van der Waals surface area contributed by atoms with E-state index in [9.17, 15) is 0 Å². The zero-order valence-electron chi connectivity index (χ0n) is 10.7. The SMILES string of the molecule is c1ccc2c(c1)CC(CNC1=NCCCCC1)O2. The first kappa shape index (κ1) is 11.6. The van der Waals surface area contributed by atoms with Gasteiger partial charge in [0, 0.05) is 19.4 Å². The summed E-state index contributed by atoms with van der Waals surface area (Å²) in [5.74, 6) is 2.22. The van der Waals surface area contributed by atoms with Crippen molar-refractivity contribution in [3.8, 4) is 5.75 Å². The fraction of sp³-hybridized carbons (Fsp3) is 0.533. The van der Waals surface area contributed by atoms with Gasteiger partial charge in [-0.3, -0.25) is 4.99 Å². The molecule has 0 amide bonds. The van der Waals surface area contributed by atoms with E-state index in [2.05, 4.69) is 28.5 Å². The van der Waals surface area contributed by atoms with Gasteiger partial charge in [-0.2, -0.15) is 0 Å². The van der Waals surface area contributed by atoms with Gasteiger partial charge in [-0.1, -0.05) is 24.6 Å². The number of benzene rings is 1. The average Bonchev–Trinajstić information content (AvgIpc) is 2.63. The maximum Gasteiger partial charge on any atom is 0.123 e. The van der Waals surface area contributed by atoms with Gasteiger partial charge in [0.1, 0.15) is 11.9 Å². The van der Waals surface area contributed by atoms with Gasteiger partial charge in [-0.25, -0.2) is 0 Å². The van der Waals surface area contributed by atoms with Gasteiger partial charge in [0.25, 0.3) is 0 Å². The number of fused-ring (bicyclic) bond motifs is 1. The van der Waals surface area contributed by atoms with Gasteiger partial charge in [0.05, 0.1) is 12.4 Å². The second-order valence-electron chi connectivity index (χ2n) is 5.07. The second kappa shape index (κ2) is 5.42. The monoisotopic (exact) mass is 244 g/mol. The Morgan fingerprint density at radius 3 is 3.11 bits per heavy atom. The molecule has 18 heavy (non-hydrogen) atoms. The van der Waals surface area contributed by atoms with Crippen LogP contribution in [0.15, 0.2) is 29.3 Å². The molecule has 0 fully saturated rings. The molecule has 3 heteroatoms. The topological polar surface area (TPSA) is 33.6 Å². The zero-order chi connectivity index (χ0) is 12.2. The molecule has 1 aromatic carbocycles. The Bertz CT molecular complexity index is 417. The number of rotatable bonds is 2. The van der Waals surface area contributed by atoms with Crippen LogP contribution in [-0.2, 0) is 6.42 Å². The summed E-state index contributed by atoms with van der Waals surface area (Å²) >= 11 is 0. The van der Waals surface area contributed by atoms with Gasteiger partial charge in [-0.05, 0) is 24.5 Å². The standard InChI is InChI=1S/C15H20N2O/c1-2-8-15(16-9-5-1)17-11-13-10-12-6-3-4-7-14(12)18-13/h3-4,6-7,13H,1-2,5,8-11H2,(H,16,17). The molecule has 1 N–H and O–H groups in total. The molecule has 2 heterocycles. The van der Waals surface area contributed by atoms with Crippen LogP contribution in [0.5, 0.6) is 5.75 Å². The van der Waals surface area contributed by atoms with Crippen molar-refractivity contribution in [3.63, 3.8) is 0 Å². The Hall–Kier alpha value is -1.51. The van der Waals surface area contributed by atoms with Crippen LogP contribution in [0.4, 0.5) is 0 Å². The van der Waals surface area contributed by atoms with E-state index in [0.717, 1.165) is 31.7 Å². The number of para-hydroxylation sites is 1. The number of hydrogen-bond acceptors (Lipinski definition) is 3. The van der Waals surface area contributed by atoms with E-state index in [1.807, 2.05) is 6.07 Å². The first-order chi connectivity index (χ1) is 8.92. The van der Waals surface area contributed by atoms with Crippen LogP contribution < -0.4 is 10.1 Å². The third-order valence-electron chi connectivity index (χ3n) is 3.62. The predicted molar refractivity (Wildman–Crippen MR) is 73.3 cm³/mol. The van der Waals surface area contributed by atoms with Crippen molar-refractivity contribution in [1.82, 2.24) is 5.32 Å². The quantitative estimate of drug-likeness (QED) is 0.867. The molecule has 0 saturated heterocycles. The molecule has 0 aromatic heterocycles. The first-order valence-corrected chi connectivity index (χ1v) is 6.93. The van der Waals surface area contributed by atoms with Gasteiger partial charge < -0.3 is 10.1 Å². The van der Waals surface area contributed by atoms with Gasteiger partial charge in [0.2, 0.25) is 0 Å². The summed E-state index contributed by atoms with van der Waals surface area (Å²) in [5.41, 5.74) is 1.33. The van der Waals surface area contributed by atoms with Crippen LogP contribution in [0.3, 0.4) is 0 Å². The number of aliphatic imine (C=N–C) groups is 1. The molecule has 0 bridgehead atoms. The van der Waals surface area contributed by atoms with Crippen LogP contribution in [-0.4, -0.2) is 25.0 Å². The Kier molecular flexibility index (Phi) is 3.49. The van der Waals surface area contributed by atoms with Gasteiger partial charge in [-0.15, -0.1) is 0 Å². The molecule has 1 aromatic rings. The minimum absolute atomic E-state index is 0.258. The van der Waals surface area contributed by atoms with E-state index < -0.39 is 0 Å². The summed E-state index contributed by atoms with van der Waals surface area (Å²) in [6.07, 6.45) is 6.16. The molecular weight excluding hydrogens is 224 g/mol. The zero-order valence-corrected chi connectivity index (χ0v) is 10.7. The van der Waals surface area contributed by atoms with Crippen LogP contribution in [0.25, 0.3) is 0 Å². The van der Waals surface area contributed by atoms with E-state index in [0.29, 0.717) is 0 Å². The molecule has 2 aliphatic rings. The van der Waals surface area contributed by atoms with Crippen molar-refractivity contribution in [2.24, 2.45) is 4.99 Å². The highest BCUT2D eigenvalue weighted by molar-refractivity contribution is 5.82. The van der Waals surface area contributed by atoms with E-state index in [4.69, 9.17) is 4.74 Å². The number of amidine groups is 1. The second-order valence-corrected chi connectivity index (χ2v) is 5.07. The van der Waals surface area contributed by atoms with E-state index in [-0.39, 0.29) is 6.10 Å². The minimum Gasteiger partial charge on any atom is -0.488 e. The largest absolute Gasteiger partial charge is 0.488 e. The minimum atomic E-state index is 0.258. The molecular formula is C15H20N2O. The fourth-order valence-corrected chi connectivity index (χ4v) is 2.62. The lowest BCUT2D eigenvalue weighted by molar-refractivity contribution is 0.235. The molecule has 3 nitrogen and oxygen atoms in total. The summed E-state index contributed by atoms with van der Waals surface area (Å²) in [5, 5.41) is 3.46. The molecule has 3 rings (SSSR count). The van der Waals surface area contributed by atoms with Crippen molar-refractivity contribution < 1.29 is 4.74 Å². The summed E-state index contributed by atoms with van der Waals surface area (Å²) in [6, 6.07) is 8.31. The van der Waals surface area contributed by atoms with Crippen molar-refractivity contribution in [2.45, 2.75) is 38.2 Å². The maximum absolute atomic E-state index is 5.91. The number of hydrogen-bond donors (Lipinski definition) is 1. The summed E-state index contributed by atoms with van der Waals surface area (Å²) in [4.78, 5) is 4.58. The Balaban J connectivity index is 1.52. The molecule has 2 aliphatic heterocycles. The van der Waals surface area contributed by atoms with E-state index in [1.165, 1.54) is 30.7 Å². The Labute approximate surface area is 108 Å². The highest BCUT2D eigenvalue weighted by atomic mass is 16.5. The van der Waals surface area contributed by atoms with Gasteiger partial charge in [0.15, 0.2) is 0 Å². The third-order valence-corrected chi connectivity index (χ3v) is 3.62. The average molecular weight is 244 g/mol. The number of nitrogens with zero attached hydrogens (tertiary/aromatic N) is 1. The summed E-state index contributed by atoms with van der Waals surface area (Å²) < 4.78 is 5.91. The highest BCUT2D eigenvalue weighted by Gasteiger charge is 2.22. The molecule has 96 valence electrons. The molecule has 0 radical (unpaired) electrons. The highest BCUT2D eigenvalue weighted by Crippen LogP contribution is 2.27. The first-order valence-electron chi connectivity index (χ1n) is 6.93. The lowest BCUT2D eigenvalue weighted by Gasteiger charge is -2.13. The fourth-order valence-electron chi connectivity index (χ4n) is 2.62.